The van der Waals surface area contributed by atoms with E-state index in [2.05, 4.69) is 15.2 Å². The number of aryl methyl sites for hydroxylation is 1. The van der Waals surface area contributed by atoms with Gasteiger partial charge in [-0.2, -0.15) is 22.7 Å². The molecule has 1 amide bonds. The standard InChI is InChI=1S/C13H14F4N4O2/c1-21-9-4-3-7(12(14,23-2)13(15,16)17)5-8(9)11(20-21)19-6-10(18)22/h3-5H,6H2,1-2H3,(H2,18,22)(H,19,20). The lowest BCUT2D eigenvalue weighted by atomic mass is 10.0. The van der Waals surface area contributed by atoms with E-state index in [1.807, 2.05) is 0 Å². The smallest absolute Gasteiger partial charge is 0.368 e. The fourth-order valence-corrected chi connectivity index (χ4v) is 2.16. The molecule has 0 aliphatic carbocycles. The molecule has 1 unspecified atom stereocenters. The van der Waals surface area contributed by atoms with Crippen molar-refractivity contribution >= 4 is 22.6 Å². The van der Waals surface area contributed by atoms with Crippen LogP contribution in [0.4, 0.5) is 23.4 Å². The third-order valence-electron chi connectivity index (χ3n) is 3.30. The summed E-state index contributed by atoms with van der Waals surface area (Å²) in [5, 5.41) is 6.82. The maximum Gasteiger partial charge on any atom is 0.453 e. The number of benzene rings is 1. The van der Waals surface area contributed by atoms with Crippen molar-refractivity contribution in [1.82, 2.24) is 9.78 Å². The molecule has 0 fully saturated rings. The number of hydrogen-bond donors (Lipinski definition) is 2. The summed E-state index contributed by atoms with van der Waals surface area (Å²) in [6.07, 6.45) is -5.25. The van der Waals surface area contributed by atoms with Crippen LogP contribution in [-0.4, -0.2) is 35.5 Å². The van der Waals surface area contributed by atoms with Crippen LogP contribution in [0.2, 0.25) is 0 Å². The second-order valence-corrected chi connectivity index (χ2v) is 4.82. The normalized spacial score (nSPS) is 14.7. The van der Waals surface area contributed by atoms with Gasteiger partial charge in [0.2, 0.25) is 5.91 Å². The molecule has 3 N–H and O–H groups in total. The molecule has 0 aliphatic heterocycles. The number of carbonyl (C=O) groups is 1. The molecule has 0 radical (unpaired) electrons. The highest BCUT2D eigenvalue weighted by Gasteiger charge is 2.58. The number of nitrogens with zero attached hydrogens (tertiary/aromatic N) is 2. The van der Waals surface area contributed by atoms with Crippen molar-refractivity contribution in [3.63, 3.8) is 0 Å². The summed E-state index contributed by atoms with van der Waals surface area (Å²) in [7, 11) is 2.19. The lowest BCUT2D eigenvalue weighted by Crippen LogP contribution is -2.39. The van der Waals surface area contributed by atoms with E-state index in [0.717, 1.165) is 12.1 Å². The van der Waals surface area contributed by atoms with Gasteiger partial charge in [0.25, 0.3) is 0 Å². The van der Waals surface area contributed by atoms with Gasteiger partial charge in [0, 0.05) is 25.1 Å². The summed E-state index contributed by atoms with van der Waals surface area (Å²) in [5.74, 6) is -4.51. The number of nitrogens with two attached hydrogens (primary N) is 1. The molecule has 0 saturated carbocycles. The van der Waals surface area contributed by atoms with Crippen LogP contribution in [0.15, 0.2) is 18.2 Å². The Morgan fingerprint density at radius 2 is 2.04 bits per heavy atom. The molecule has 23 heavy (non-hydrogen) atoms. The molecule has 1 aromatic carbocycles. The van der Waals surface area contributed by atoms with Crippen LogP contribution < -0.4 is 11.1 Å². The van der Waals surface area contributed by atoms with Crippen molar-refractivity contribution in [2.45, 2.75) is 12.0 Å². The number of halogens is 4. The lowest BCUT2D eigenvalue weighted by molar-refractivity contribution is -0.333. The maximum atomic E-state index is 14.3. The molecule has 0 aliphatic rings. The number of primary amides is 1. The zero-order chi connectivity index (χ0) is 17.4. The van der Waals surface area contributed by atoms with Gasteiger partial charge in [0.1, 0.15) is 0 Å². The number of nitrogens with one attached hydrogen (secondary N) is 1. The summed E-state index contributed by atoms with van der Waals surface area (Å²) < 4.78 is 58.6. The van der Waals surface area contributed by atoms with Crippen molar-refractivity contribution in [2.75, 3.05) is 19.0 Å². The van der Waals surface area contributed by atoms with Crippen molar-refractivity contribution in [1.29, 1.82) is 0 Å². The summed E-state index contributed by atoms with van der Waals surface area (Å²) in [4.78, 5) is 10.8. The van der Waals surface area contributed by atoms with E-state index in [0.29, 0.717) is 12.6 Å². The minimum absolute atomic E-state index is 0.115. The molecule has 0 spiro atoms. The van der Waals surface area contributed by atoms with Crippen molar-refractivity contribution in [3.05, 3.63) is 23.8 Å². The van der Waals surface area contributed by atoms with Crippen LogP contribution in [-0.2, 0) is 22.4 Å². The Bertz CT molecular complexity index is 743. The van der Waals surface area contributed by atoms with Gasteiger partial charge >= 0.3 is 12.0 Å². The molecule has 1 aromatic heterocycles. The van der Waals surface area contributed by atoms with Gasteiger partial charge in [-0.1, -0.05) is 6.07 Å². The quantitative estimate of drug-likeness (QED) is 0.817. The van der Waals surface area contributed by atoms with Crippen molar-refractivity contribution in [3.8, 4) is 0 Å². The number of ether oxygens (including phenoxy) is 1. The third-order valence-corrected chi connectivity index (χ3v) is 3.30. The Morgan fingerprint density at radius 1 is 1.39 bits per heavy atom. The third kappa shape index (κ3) is 2.93. The first kappa shape index (κ1) is 17.0. The van der Waals surface area contributed by atoms with Gasteiger partial charge < -0.3 is 15.8 Å². The van der Waals surface area contributed by atoms with E-state index in [1.54, 1.807) is 7.05 Å². The molecule has 126 valence electrons. The summed E-state index contributed by atoms with van der Waals surface area (Å²) >= 11 is 0. The Hall–Kier alpha value is -2.36. The highest BCUT2D eigenvalue weighted by Crippen LogP contribution is 2.44. The molecule has 2 aromatic rings. The number of hydrogen-bond acceptors (Lipinski definition) is 4. The summed E-state index contributed by atoms with van der Waals surface area (Å²) in [6.45, 7) is -0.263. The number of methoxy groups -OCH3 is 1. The zero-order valence-electron chi connectivity index (χ0n) is 12.2. The molecule has 10 heteroatoms. The van der Waals surface area contributed by atoms with Gasteiger partial charge in [-0.15, -0.1) is 0 Å². The highest BCUT2D eigenvalue weighted by atomic mass is 19.4. The average Bonchev–Trinajstić information content (AvgIpc) is 2.79. The van der Waals surface area contributed by atoms with Crippen LogP contribution in [0.3, 0.4) is 0 Å². The Balaban J connectivity index is 2.56. The predicted octanol–water partition coefficient (Wildman–Crippen LogP) is 1.80. The fraction of sp³-hybridized carbons (Fsp3) is 0.385. The highest BCUT2D eigenvalue weighted by molar-refractivity contribution is 5.92. The Kier molecular flexibility index (Phi) is 4.20. The monoisotopic (exact) mass is 334 g/mol. The maximum absolute atomic E-state index is 14.3. The first-order valence-corrected chi connectivity index (χ1v) is 6.40. The first-order chi connectivity index (χ1) is 10.6. The molecule has 1 atom stereocenters. The number of alkyl halides is 4. The lowest BCUT2D eigenvalue weighted by Gasteiger charge is -2.26. The SMILES string of the molecule is COC(F)(c1ccc2c(c1)c(NCC(N)=O)nn2C)C(F)(F)F. The van der Waals surface area contributed by atoms with E-state index in [1.165, 1.54) is 10.7 Å². The molecule has 0 saturated heterocycles. The minimum Gasteiger partial charge on any atom is -0.368 e. The van der Waals surface area contributed by atoms with E-state index in [-0.39, 0.29) is 17.7 Å². The van der Waals surface area contributed by atoms with Crippen LogP contribution in [0, 0.1) is 0 Å². The number of carbonyl (C=O) groups excluding carboxylic acids is 1. The van der Waals surface area contributed by atoms with Crippen LogP contribution in [0.25, 0.3) is 10.9 Å². The van der Waals surface area contributed by atoms with Crippen molar-refractivity contribution in [2.24, 2.45) is 12.8 Å². The van der Waals surface area contributed by atoms with Gasteiger partial charge in [0.05, 0.1) is 12.1 Å². The predicted molar refractivity (Wildman–Crippen MR) is 74.2 cm³/mol. The second-order valence-electron chi connectivity index (χ2n) is 4.82. The second kappa shape index (κ2) is 5.69. The van der Waals surface area contributed by atoms with E-state index < -0.39 is 23.5 Å². The van der Waals surface area contributed by atoms with E-state index in [9.17, 15) is 22.4 Å². The van der Waals surface area contributed by atoms with Crippen LogP contribution >= 0.6 is 0 Å². The topological polar surface area (TPSA) is 82.2 Å². The molecule has 0 bridgehead atoms. The van der Waals surface area contributed by atoms with Gasteiger partial charge in [0.15, 0.2) is 5.82 Å². The van der Waals surface area contributed by atoms with Gasteiger partial charge in [-0.25, -0.2) is 0 Å². The van der Waals surface area contributed by atoms with Gasteiger partial charge in [-0.3, -0.25) is 9.48 Å². The number of amides is 1. The van der Waals surface area contributed by atoms with Crippen LogP contribution in [0.1, 0.15) is 5.56 Å². The first-order valence-electron chi connectivity index (χ1n) is 6.40. The molecular formula is C13H14F4N4O2. The number of fused-ring (bicyclic) bond motifs is 1. The van der Waals surface area contributed by atoms with Crippen molar-refractivity contribution < 1.29 is 27.1 Å². The van der Waals surface area contributed by atoms with Gasteiger partial charge in [-0.05, 0) is 12.1 Å². The number of anilines is 1. The average molecular weight is 334 g/mol. The summed E-state index contributed by atoms with van der Waals surface area (Å²) in [6, 6.07) is 3.23. The Morgan fingerprint density at radius 3 is 2.57 bits per heavy atom. The zero-order valence-corrected chi connectivity index (χ0v) is 12.2. The molecule has 6 nitrogen and oxygen atoms in total. The minimum atomic E-state index is -5.25. The fourth-order valence-electron chi connectivity index (χ4n) is 2.16. The number of rotatable bonds is 5. The largest absolute Gasteiger partial charge is 0.453 e. The molecule has 1 heterocycles. The number of aromatic nitrogens is 2. The summed E-state index contributed by atoms with van der Waals surface area (Å²) in [5.41, 5.74) is 4.72. The van der Waals surface area contributed by atoms with Crippen LogP contribution in [0.5, 0.6) is 0 Å². The van der Waals surface area contributed by atoms with E-state index in [4.69, 9.17) is 5.73 Å². The molecule has 2 rings (SSSR count). The Labute approximate surface area is 128 Å². The molecular weight excluding hydrogens is 320 g/mol. The van der Waals surface area contributed by atoms with E-state index >= 15 is 0 Å².